The monoisotopic (exact) mass is 397 g/mol. The second-order valence-corrected chi connectivity index (χ2v) is 6.41. The molecule has 1 aliphatic carbocycles. The molecular formula is C17H17F6NO3. The van der Waals surface area contributed by atoms with Crippen LogP contribution in [0.25, 0.3) is 0 Å². The molecule has 1 amide bonds. The lowest BCUT2D eigenvalue weighted by atomic mass is 10.0. The van der Waals surface area contributed by atoms with E-state index in [1.165, 1.54) is 0 Å². The van der Waals surface area contributed by atoms with Gasteiger partial charge in [-0.05, 0) is 36.1 Å². The molecule has 0 unspecified atom stereocenters. The number of hydrogen-bond acceptors (Lipinski definition) is 3. The molecule has 10 heteroatoms. The van der Waals surface area contributed by atoms with Gasteiger partial charge in [-0.1, -0.05) is 12.8 Å². The van der Waals surface area contributed by atoms with Gasteiger partial charge in [0.15, 0.2) is 0 Å². The topological polar surface area (TPSA) is 55.4 Å². The van der Waals surface area contributed by atoms with Crippen LogP contribution in [-0.4, -0.2) is 25.0 Å². The predicted octanol–water partition coefficient (Wildman–Crippen LogP) is 3.72. The van der Waals surface area contributed by atoms with E-state index in [9.17, 15) is 35.9 Å². The second-order valence-electron chi connectivity index (χ2n) is 6.41. The summed E-state index contributed by atoms with van der Waals surface area (Å²) in [7, 11) is 1.12. The van der Waals surface area contributed by atoms with Crippen LogP contribution < -0.4 is 5.32 Å². The third kappa shape index (κ3) is 6.14. The van der Waals surface area contributed by atoms with Crippen LogP contribution in [-0.2, 0) is 33.1 Å². The number of alkyl halides is 6. The summed E-state index contributed by atoms with van der Waals surface area (Å²) in [5.41, 5.74) is -3.45. The third-order valence-corrected chi connectivity index (χ3v) is 4.10. The summed E-state index contributed by atoms with van der Waals surface area (Å²) in [4.78, 5) is 23.8. The Bertz CT molecular complexity index is 677. The summed E-state index contributed by atoms with van der Waals surface area (Å²) >= 11 is 0. The molecule has 1 N–H and O–H groups in total. The van der Waals surface area contributed by atoms with Crippen LogP contribution in [0.4, 0.5) is 26.3 Å². The molecule has 1 aromatic rings. The minimum Gasteiger partial charge on any atom is -0.467 e. The number of amides is 1. The molecular weight excluding hydrogens is 380 g/mol. The Morgan fingerprint density at radius 2 is 1.59 bits per heavy atom. The molecule has 0 bridgehead atoms. The van der Waals surface area contributed by atoms with Crippen LogP contribution >= 0.6 is 0 Å². The Balaban J connectivity index is 2.18. The number of hydrogen-bond donors (Lipinski definition) is 1. The lowest BCUT2D eigenvalue weighted by molar-refractivity contribution is -0.145. The average Bonchev–Trinajstić information content (AvgIpc) is 3.35. The van der Waals surface area contributed by atoms with Crippen molar-refractivity contribution in [3.8, 4) is 0 Å². The van der Waals surface area contributed by atoms with Gasteiger partial charge in [-0.25, -0.2) is 4.79 Å². The molecule has 1 fully saturated rings. The van der Waals surface area contributed by atoms with E-state index in [1.54, 1.807) is 0 Å². The van der Waals surface area contributed by atoms with Gasteiger partial charge < -0.3 is 10.1 Å². The van der Waals surface area contributed by atoms with E-state index >= 15 is 0 Å². The van der Waals surface area contributed by atoms with E-state index in [-0.39, 0.29) is 12.0 Å². The number of nitrogens with one attached hydrogen (secondary N) is 1. The minimum absolute atomic E-state index is 0.00818. The molecule has 1 atom stereocenters. The highest BCUT2D eigenvalue weighted by molar-refractivity contribution is 5.85. The summed E-state index contributed by atoms with van der Waals surface area (Å²) in [5, 5.41) is 2.33. The van der Waals surface area contributed by atoms with E-state index in [0.717, 1.165) is 20.0 Å². The maximum Gasteiger partial charge on any atom is 0.416 e. The Morgan fingerprint density at radius 3 is 2.00 bits per heavy atom. The predicted molar refractivity (Wildman–Crippen MR) is 81.4 cm³/mol. The van der Waals surface area contributed by atoms with Crippen LogP contribution in [0, 0.1) is 5.92 Å². The molecule has 1 aliphatic rings. The average molecular weight is 397 g/mol. The van der Waals surface area contributed by atoms with Crippen LogP contribution in [0.15, 0.2) is 18.2 Å². The van der Waals surface area contributed by atoms with E-state index in [2.05, 4.69) is 10.1 Å². The van der Waals surface area contributed by atoms with Crippen LogP contribution in [0.1, 0.15) is 36.0 Å². The SMILES string of the molecule is COC(=O)[C@@H](CC1CC1)NC(=O)Cc1cc(C(F)(F)F)cc(C(F)(F)F)c1. The summed E-state index contributed by atoms with van der Waals surface area (Å²) in [6.45, 7) is 0. The Labute approximate surface area is 150 Å². The van der Waals surface area contributed by atoms with Gasteiger partial charge in [0.05, 0.1) is 24.7 Å². The second kappa shape index (κ2) is 7.77. The van der Waals surface area contributed by atoms with Crippen molar-refractivity contribution in [2.75, 3.05) is 7.11 Å². The molecule has 0 radical (unpaired) electrons. The number of ether oxygens (including phenoxy) is 1. The Morgan fingerprint density at radius 1 is 1.07 bits per heavy atom. The zero-order valence-corrected chi connectivity index (χ0v) is 14.2. The van der Waals surface area contributed by atoms with Crippen LogP contribution in [0.2, 0.25) is 0 Å². The quantitative estimate of drug-likeness (QED) is 0.588. The van der Waals surface area contributed by atoms with Gasteiger partial charge in [-0.2, -0.15) is 26.3 Å². The smallest absolute Gasteiger partial charge is 0.416 e. The first-order valence-electron chi connectivity index (χ1n) is 8.05. The summed E-state index contributed by atoms with van der Waals surface area (Å²) in [6.07, 6.45) is -8.64. The summed E-state index contributed by atoms with van der Waals surface area (Å²) in [6, 6.07) is -0.0137. The van der Waals surface area contributed by atoms with Crippen molar-refractivity contribution in [2.45, 2.75) is 44.1 Å². The standard InChI is InChI=1S/C17H17F6NO3/c1-27-15(26)13(6-9-2-3-9)24-14(25)7-10-4-11(16(18,19)20)8-12(5-10)17(21,22)23/h4-5,8-9,13H,2-3,6-7H2,1H3,(H,24,25)/t13-/m1/s1. The van der Waals surface area contributed by atoms with Crippen LogP contribution in [0.3, 0.4) is 0 Å². The van der Waals surface area contributed by atoms with Crippen molar-refractivity contribution < 1.29 is 40.7 Å². The zero-order valence-electron chi connectivity index (χ0n) is 14.2. The molecule has 4 nitrogen and oxygen atoms in total. The van der Waals surface area contributed by atoms with E-state index < -0.39 is 53.4 Å². The lowest BCUT2D eigenvalue weighted by Crippen LogP contribution is -2.42. The Hall–Kier alpha value is -2.26. The van der Waals surface area contributed by atoms with Crippen LogP contribution in [0.5, 0.6) is 0 Å². The number of carbonyl (C=O) groups is 2. The van der Waals surface area contributed by atoms with Gasteiger partial charge in [0.25, 0.3) is 0 Å². The number of rotatable bonds is 6. The van der Waals surface area contributed by atoms with E-state index in [4.69, 9.17) is 0 Å². The molecule has 0 saturated heterocycles. The molecule has 0 spiro atoms. The number of halogens is 6. The number of carbonyl (C=O) groups excluding carboxylic acids is 2. The first-order chi connectivity index (χ1) is 12.4. The maximum atomic E-state index is 12.9. The highest BCUT2D eigenvalue weighted by Crippen LogP contribution is 2.36. The third-order valence-electron chi connectivity index (χ3n) is 4.10. The highest BCUT2D eigenvalue weighted by atomic mass is 19.4. The molecule has 0 heterocycles. The van der Waals surface area contributed by atoms with Gasteiger partial charge in [0, 0.05) is 0 Å². The van der Waals surface area contributed by atoms with E-state index in [0.29, 0.717) is 18.6 Å². The molecule has 1 aromatic carbocycles. The highest BCUT2D eigenvalue weighted by Gasteiger charge is 2.37. The van der Waals surface area contributed by atoms with Crippen molar-refractivity contribution in [1.29, 1.82) is 0 Å². The number of benzene rings is 1. The number of methoxy groups -OCH3 is 1. The lowest BCUT2D eigenvalue weighted by Gasteiger charge is -2.17. The number of esters is 1. The van der Waals surface area contributed by atoms with Gasteiger partial charge >= 0.3 is 18.3 Å². The zero-order chi connectivity index (χ0) is 20.4. The molecule has 27 heavy (non-hydrogen) atoms. The van der Waals surface area contributed by atoms with Crippen molar-refractivity contribution in [1.82, 2.24) is 5.32 Å². The molecule has 2 rings (SSSR count). The van der Waals surface area contributed by atoms with Gasteiger partial charge in [-0.15, -0.1) is 0 Å². The summed E-state index contributed by atoms with van der Waals surface area (Å²) < 4.78 is 81.7. The maximum absolute atomic E-state index is 12.9. The Kier molecular flexibility index (Phi) is 6.06. The fraction of sp³-hybridized carbons (Fsp3) is 0.529. The summed E-state index contributed by atoms with van der Waals surface area (Å²) in [5.74, 6) is -1.34. The molecule has 150 valence electrons. The fourth-order valence-electron chi connectivity index (χ4n) is 2.60. The van der Waals surface area contributed by atoms with Gasteiger partial charge in [0.1, 0.15) is 6.04 Å². The van der Waals surface area contributed by atoms with Crippen molar-refractivity contribution in [3.05, 3.63) is 34.9 Å². The first-order valence-corrected chi connectivity index (χ1v) is 8.05. The van der Waals surface area contributed by atoms with Crippen molar-refractivity contribution in [2.24, 2.45) is 5.92 Å². The fourth-order valence-corrected chi connectivity index (χ4v) is 2.60. The minimum atomic E-state index is -4.99. The van der Waals surface area contributed by atoms with E-state index in [1.807, 2.05) is 0 Å². The molecule has 0 aliphatic heterocycles. The first kappa shape index (κ1) is 21.0. The van der Waals surface area contributed by atoms with Gasteiger partial charge in [-0.3, -0.25) is 4.79 Å². The van der Waals surface area contributed by atoms with Crippen molar-refractivity contribution in [3.63, 3.8) is 0 Å². The van der Waals surface area contributed by atoms with Crippen molar-refractivity contribution >= 4 is 11.9 Å². The van der Waals surface area contributed by atoms with Gasteiger partial charge in [0.2, 0.25) is 5.91 Å². The normalized spacial score (nSPS) is 16.0. The molecule has 1 saturated carbocycles. The molecule has 0 aromatic heterocycles. The largest absolute Gasteiger partial charge is 0.467 e.